The molecule has 3 N–H and O–H groups in total. The predicted octanol–water partition coefficient (Wildman–Crippen LogP) is 1.38. The van der Waals surface area contributed by atoms with Crippen LogP contribution in [0.5, 0.6) is 0 Å². The van der Waals surface area contributed by atoms with Gasteiger partial charge in [-0.15, -0.1) is 11.8 Å². The molecule has 0 radical (unpaired) electrons. The Bertz CT molecular complexity index is 316. The van der Waals surface area contributed by atoms with Gasteiger partial charge in [-0.1, -0.05) is 37.3 Å². The number of hydrogen-bond donors (Lipinski definition) is 2. The van der Waals surface area contributed by atoms with Crippen molar-refractivity contribution in [1.82, 2.24) is 5.32 Å². The van der Waals surface area contributed by atoms with Crippen molar-refractivity contribution >= 4 is 17.7 Å². The monoisotopic (exact) mass is 238 g/mol. The molecule has 0 bridgehead atoms. The van der Waals surface area contributed by atoms with Gasteiger partial charge >= 0.3 is 0 Å². The Morgan fingerprint density at radius 2 is 2.12 bits per heavy atom. The van der Waals surface area contributed by atoms with E-state index in [-0.39, 0.29) is 5.91 Å². The number of benzene rings is 1. The second-order valence-electron chi connectivity index (χ2n) is 3.62. The van der Waals surface area contributed by atoms with Crippen LogP contribution in [0.1, 0.15) is 12.5 Å². The summed E-state index contributed by atoms with van der Waals surface area (Å²) in [5, 5.41) is 3.21. The number of rotatable bonds is 6. The maximum absolute atomic E-state index is 11.5. The Morgan fingerprint density at radius 1 is 1.44 bits per heavy atom. The molecule has 1 amide bonds. The first-order valence-electron chi connectivity index (χ1n) is 5.34. The molecule has 3 nitrogen and oxygen atoms in total. The number of carbonyl (C=O) groups is 1. The molecule has 1 aromatic carbocycles. The number of thioether (sulfide) groups is 1. The normalized spacial score (nSPS) is 12.1. The third-order valence-electron chi connectivity index (χ3n) is 2.16. The molecule has 0 fully saturated rings. The van der Waals surface area contributed by atoms with Crippen LogP contribution < -0.4 is 11.1 Å². The number of nitrogens with two attached hydrogens (primary N) is 1. The van der Waals surface area contributed by atoms with Gasteiger partial charge in [0.25, 0.3) is 0 Å². The van der Waals surface area contributed by atoms with Crippen molar-refractivity contribution in [3.8, 4) is 0 Å². The molecule has 0 aliphatic carbocycles. The summed E-state index contributed by atoms with van der Waals surface area (Å²) in [6, 6.07) is 9.88. The average molecular weight is 238 g/mol. The highest BCUT2D eigenvalue weighted by molar-refractivity contribution is 8.00. The molecule has 1 unspecified atom stereocenters. The number of nitrogens with one attached hydrogen (secondary N) is 1. The zero-order chi connectivity index (χ0) is 11.8. The molecule has 0 aliphatic rings. The van der Waals surface area contributed by atoms with Crippen molar-refractivity contribution in [3.63, 3.8) is 0 Å². The highest BCUT2D eigenvalue weighted by Crippen LogP contribution is 2.07. The molecule has 4 heteroatoms. The van der Waals surface area contributed by atoms with Crippen LogP contribution in [0.3, 0.4) is 0 Å². The summed E-state index contributed by atoms with van der Waals surface area (Å²) < 4.78 is 0. The van der Waals surface area contributed by atoms with E-state index in [1.165, 1.54) is 0 Å². The maximum Gasteiger partial charge on any atom is 0.230 e. The highest BCUT2D eigenvalue weighted by Gasteiger charge is 2.05. The Labute approximate surface area is 101 Å². The Balaban J connectivity index is 2.20. The van der Waals surface area contributed by atoms with E-state index in [9.17, 15) is 4.79 Å². The minimum atomic E-state index is 0.0640. The lowest BCUT2D eigenvalue weighted by molar-refractivity contribution is -0.118. The van der Waals surface area contributed by atoms with E-state index < -0.39 is 0 Å². The van der Waals surface area contributed by atoms with Gasteiger partial charge in [0.15, 0.2) is 0 Å². The fourth-order valence-electron chi connectivity index (χ4n) is 1.13. The summed E-state index contributed by atoms with van der Waals surface area (Å²) in [6.07, 6.45) is 0. The third-order valence-corrected chi connectivity index (χ3v) is 3.35. The molecule has 0 saturated carbocycles. The van der Waals surface area contributed by atoms with Gasteiger partial charge in [-0.05, 0) is 5.56 Å². The van der Waals surface area contributed by atoms with Crippen molar-refractivity contribution in [2.75, 3.05) is 12.3 Å². The molecule has 1 aromatic rings. The number of carbonyl (C=O) groups excluding carboxylic acids is 1. The van der Waals surface area contributed by atoms with E-state index in [1.54, 1.807) is 11.8 Å². The summed E-state index contributed by atoms with van der Waals surface area (Å²) in [7, 11) is 0. The summed E-state index contributed by atoms with van der Waals surface area (Å²) >= 11 is 1.58. The van der Waals surface area contributed by atoms with Crippen molar-refractivity contribution in [3.05, 3.63) is 35.9 Å². The highest BCUT2D eigenvalue weighted by atomic mass is 32.2. The van der Waals surface area contributed by atoms with Crippen LogP contribution in [-0.4, -0.2) is 23.5 Å². The lowest BCUT2D eigenvalue weighted by atomic mass is 10.2. The zero-order valence-corrected chi connectivity index (χ0v) is 10.3. The third kappa shape index (κ3) is 5.19. The van der Waals surface area contributed by atoms with Crippen molar-refractivity contribution in [1.29, 1.82) is 0 Å². The first-order valence-corrected chi connectivity index (χ1v) is 6.39. The maximum atomic E-state index is 11.5. The molecular weight excluding hydrogens is 220 g/mol. The van der Waals surface area contributed by atoms with E-state index in [4.69, 9.17) is 5.73 Å². The van der Waals surface area contributed by atoms with E-state index in [0.717, 1.165) is 5.56 Å². The van der Waals surface area contributed by atoms with Crippen LogP contribution in [0.4, 0.5) is 0 Å². The van der Waals surface area contributed by atoms with Gasteiger partial charge in [0.2, 0.25) is 5.91 Å². The second kappa shape index (κ2) is 7.30. The van der Waals surface area contributed by atoms with Gasteiger partial charge in [0, 0.05) is 18.3 Å². The first kappa shape index (κ1) is 13.1. The standard InChI is InChI=1S/C12H18N2OS/c1-10(7-13)16-9-12(15)14-8-11-5-3-2-4-6-11/h2-6,10H,7-9,13H2,1H3,(H,14,15). The lowest BCUT2D eigenvalue weighted by Crippen LogP contribution is -2.26. The van der Waals surface area contributed by atoms with Crippen LogP contribution in [0.15, 0.2) is 30.3 Å². The average Bonchev–Trinajstić information content (AvgIpc) is 2.34. The van der Waals surface area contributed by atoms with E-state index >= 15 is 0 Å². The molecule has 0 aliphatic heterocycles. The van der Waals surface area contributed by atoms with Crippen molar-refractivity contribution in [2.24, 2.45) is 5.73 Å². The topological polar surface area (TPSA) is 55.1 Å². The summed E-state index contributed by atoms with van der Waals surface area (Å²) in [6.45, 7) is 3.23. The van der Waals surface area contributed by atoms with Gasteiger partial charge in [0.05, 0.1) is 5.75 Å². The quantitative estimate of drug-likeness (QED) is 0.787. The summed E-state index contributed by atoms with van der Waals surface area (Å²) in [5.41, 5.74) is 6.59. The summed E-state index contributed by atoms with van der Waals surface area (Å²) in [5.74, 6) is 0.541. The van der Waals surface area contributed by atoms with E-state index in [1.807, 2.05) is 37.3 Å². The largest absolute Gasteiger partial charge is 0.351 e. The van der Waals surface area contributed by atoms with Gasteiger partial charge in [-0.25, -0.2) is 0 Å². The van der Waals surface area contributed by atoms with E-state index in [2.05, 4.69) is 5.32 Å². The summed E-state index contributed by atoms with van der Waals surface area (Å²) in [4.78, 5) is 11.5. The fraction of sp³-hybridized carbons (Fsp3) is 0.417. The van der Waals surface area contributed by atoms with Gasteiger partial charge in [-0.2, -0.15) is 0 Å². The van der Waals surface area contributed by atoms with Crippen LogP contribution >= 0.6 is 11.8 Å². The SMILES string of the molecule is CC(CN)SCC(=O)NCc1ccccc1. The molecular formula is C12H18N2OS. The van der Waals surface area contributed by atoms with Gasteiger partial charge < -0.3 is 11.1 Å². The van der Waals surface area contributed by atoms with Crippen LogP contribution in [0.25, 0.3) is 0 Å². The zero-order valence-electron chi connectivity index (χ0n) is 9.48. The second-order valence-corrected chi connectivity index (χ2v) is 5.05. The smallest absolute Gasteiger partial charge is 0.230 e. The fourth-order valence-corrected chi connectivity index (χ4v) is 1.81. The van der Waals surface area contributed by atoms with Crippen LogP contribution in [0, 0.1) is 0 Å². The molecule has 16 heavy (non-hydrogen) atoms. The van der Waals surface area contributed by atoms with Gasteiger partial charge in [0.1, 0.15) is 0 Å². The Morgan fingerprint density at radius 3 is 2.75 bits per heavy atom. The van der Waals surface area contributed by atoms with E-state index in [0.29, 0.717) is 24.1 Å². The molecule has 1 rings (SSSR count). The molecule has 0 spiro atoms. The number of amides is 1. The number of hydrogen-bond acceptors (Lipinski definition) is 3. The molecule has 0 saturated heterocycles. The van der Waals surface area contributed by atoms with Crippen molar-refractivity contribution in [2.45, 2.75) is 18.7 Å². The Hall–Kier alpha value is -1.00. The molecule has 0 heterocycles. The molecule has 0 aromatic heterocycles. The Kier molecular flexibility index (Phi) is 5.96. The minimum absolute atomic E-state index is 0.0640. The van der Waals surface area contributed by atoms with Crippen LogP contribution in [-0.2, 0) is 11.3 Å². The molecule has 88 valence electrons. The predicted molar refractivity (Wildman–Crippen MR) is 69.3 cm³/mol. The van der Waals surface area contributed by atoms with Crippen LogP contribution in [0.2, 0.25) is 0 Å². The molecule has 1 atom stereocenters. The van der Waals surface area contributed by atoms with Gasteiger partial charge in [-0.3, -0.25) is 4.79 Å². The lowest BCUT2D eigenvalue weighted by Gasteiger charge is -2.08. The first-order chi connectivity index (χ1) is 7.72. The van der Waals surface area contributed by atoms with Crippen molar-refractivity contribution < 1.29 is 4.79 Å². The minimum Gasteiger partial charge on any atom is -0.351 e.